The molecule has 0 aromatic carbocycles. The zero-order valence-corrected chi connectivity index (χ0v) is 7.24. The minimum absolute atomic E-state index is 0.810. The van der Waals surface area contributed by atoms with Gasteiger partial charge < -0.3 is 25.5 Å². The van der Waals surface area contributed by atoms with Crippen molar-refractivity contribution in [1.29, 1.82) is 0 Å². The molecule has 0 heterocycles. The molecule has 0 bridgehead atoms. The summed E-state index contributed by atoms with van der Waals surface area (Å²) in [5, 5.41) is 44.4. The van der Waals surface area contributed by atoms with Crippen molar-refractivity contribution in [3.8, 4) is 0 Å². The van der Waals surface area contributed by atoms with Crippen LogP contribution in [0.1, 0.15) is 0 Å². The summed E-state index contributed by atoms with van der Waals surface area (Å²) in [7, 11) is 0. The summed E-state index contributed by atoms with van der Waals surface area (Å²) in [5.74, 6) is 3.55. The van der Waals surface area contributed by atoms with E-state index in [9.17, 15) is 4.79 Å². The molecular formula is C6H14N2O6. The van der Waals surface area contributed by atoms with Gasteiger partial charge in [0.15, 0.2) is 6.10 Å². The number of hydrogen-bond donors (Lipinski definition) is 7. The van der Waals surface area contributed by atoms with Crippen LogP contribution in [0.4, 0.5) is 0 Å². The van der Waals surface area contributed by atoms with E-state index < -0.39 is 36.9 Å². The van der Waals surface area contributed by atoms with Gasteiger partial charge in [0, 0.05) is 0 Å². The second kappa shape index (κ2) is 5.86. The highest BCUT2D eigenvalue weighted by molar-refractivity contribution is 5.80. The molecule has 84 valence electrons. The number of amides is 1. The quantitative estimate of drug-likeness (QED) is 0.137. The van der Waals surface area contributed by atoms with Gasteiger partial charge in [0.1, 0.15) is 18.3 Å². The molecular weight excluding hydrogens is 196 g/mol. The second-order valence-corrected chi connectivity index (χ2v) is 2.68. The summed E-state index contributed by atoms with van der Waals surface area (Å²) in [6, 6.07) is 0. The fraction of sp³-hybridized carbons (Fsp3) is 0.833. The Kier molecular flexibility index (Phi) is 5.53. The van der Waals surface area contributed by atoms with E-state index in [-0.39, 0.29) is 0 Å². The number of rotatable bonds is 5. The highest BCUT2D eigenvalue weighted by Gasteiger charge is 2.33. The molecule has 4 atom stereocenters. The summed E-state index contributed by atoms with van der Waals surface area (Å²) in [5.41, 5.74) is 1.55. The largest absolute Gasteiger partial charge is 0.394 e. The molecule has 0 rings (SSSR count). The predicted molar refractivity (Wildman–Crippen MR) is 43.4 cm³/mol. The zero-order chi connectivity index (χ0) is 11.3. The molecule has 0 unspecified atom stereocenters. The Morgan fingerprint density at radius 3 is 2.07 bits per heavy atom. The molecule has 0 saturated heterocycles. The van der Waals surface area contributed by atoms with E-state index >= 15 is 0 Å². The van der Waals surface area contributed by atoms with Gasteiger partial charge in [-0.2, -0.15) is 0 Å². The highest BCUT2D eigenvalue weighted by atomic mass is 16.4. The average Bonchev–Trinajstić information content (AvgIpc) is 2.23. The molecule has 0 aromatic heterocycles. The topological polar surface area (TPSA) is 156 Å². The van der Waals surface area contributed by atoms with Crippen LogP contribution in [0.2, 0.25) is 0 Å². The van der Waals surface area contributed by atoms with Gasteiger partial charge in [-0.15, -0.1) is 0 Å². The third kappa shape index (κ3) is 3.18. The van der Waals surface area contributed by atoms with Gasteiger partial charge in [-0.25, -0.2) is 5.84 Å². The SMILES string of the molecule is NNC(=O)[C@@H](O)[C@H](O)[C@H](O)[C@@H](O)CO. The lowest BCUT2D eigenvalue weighted by Gasteiger charge is -2.24. The molecule has 0 aliphatic rings. The average molecular weight is 210 g/mol. The van der Waals surface area contributed by atoms with Crippen molar-refractivity contribution >= 4 is 5.91 Å². The first-order valence-electron chi connectivity index (χ1n) is 3.79. The zero-order valence-electron chi connectivity index (χ0n) is 7.24. The number of carbonyl (C=O) groups is 1. The molecule has 0 fully saturated rings. The molecule has 0 aliphatic carbocycles. The first kappa shape index (κ1) is 13.2. The normalized spacial score (nSPS) is 19.6. The summed E-state index contributed by atoms with van der Waals surface area (Å²) >= 11 is 0. The lowest BCUT2D eigenvalue weighted by Crippen LogP contribution is -2.52. The Hall–Kier alpha value is -0.770. The van der Waals surface area contributed by atoms with Crippen molar-refractivity contribution in [2.24, 2.45) is 5.84 Å². The second-order valence-electron chi connectivity index (χ2n) is 2.68. The van der Waals surface area contributed by atoms with Gasteiger partial charge in [-0.1, -0.05) is 0 Å². The number of nitrogens with one attached hydrogen (secondary N) is 1. The van der Waals surface area contributed by atoms with Gasteiger partial charge >= 0.3 is 0 Å². The summed E-state index contributed by atoms with van der Waals surface area (Å²) in [6.45, 7) is -0.810. The summed E-state index contributed by atoms with van der Waals surface area (Å²) in [6.07, 6.45) is -7.39. The van der Waals surface area contributed by atoms with E-state index in [2.05, 4.69) is 5.84 Å². The lowest BCUT2D eigenvalue weighted by molar-refractivity contribution is -0.148. The van der Waals surface area contributed by atoms with Gasteiger partial charge in [0.2, 0.25) is 0 Å². The van der Waals surface area contributed by atoms with Crippen LogP contribution in [-0.4, -0.2) is 62.5 Å². The Labute approximate surface area is 79.6 Å². The molecule has 0 saturated carbocycles. The number of hydrogen-bond acceptors (Lipinski definition) is 7. The van der Waals surface area contributed by atoms with Crippen molar-refractivity contribution in [3.63, 3.8) is 0 Å². The van der Waals surface area contributed by atoms with Crippen molar-refractivity contribution in [2.45, 2.75) is 24.4 Å². The Morgan fingerprint density at radius 1 is 1.21 bits per heavy atom. The Bertz CT molecular complexity index is 189. The molecule has 0 spiro atoms. The van der Waals surface area contributed by atoms with E-state index in [4.69, 9.17) is 25.5 Å². The predicted octanol–water partition coefficient (Wildman–Crippen LogP) is -4.59. The van der Waals surface area contributed by atoms with Crippen LogP contribution in [0.15, 0.2) is 0 Å². The van der Waals surface area contributed by atoms with Crippen molar-refractivity contribution in [3.05, 3.63) is 0 Å². The summed E-state index contributed by atoms with van der Waals surface area (Å²) in [4.78, 5) is 10.7. The number of aliphatic hydroxyl groups is 5. The number of carbonyl (C=O) groups excluding carboxylic acids is 1. The number of nitrogens with two attached hydrogens (primary N) is 1. The molecule has 14 heavy (non-hydrogen) atoms. The fourth-order valence-corrected chi connectivity index (χ4v) is 0.763. The van der Waals surface area contributed by atoms with Crippen LogP contribution in [0.3, 0.4) is 0 Å². The van der Waals surface area contributed by atoms with Crippen LogP contribution in [-0.2, 0) is 4.79 Å². The lowest BCUT2D eigenvalue weighted by atomic mass is 10.0. The molecule has 8 heteroatoms. The van der Waals surface area contributed by atoms with E-state index in [1.165, 1.54) is 0 Å². The fourth-order valence-electron chi connectivity index (χ4n) is 0.763. The maximum absolute atomic E-state index is 10.7. The molecule has 0 aromatic rings. The molecule has 8 nitrogen and oxygen atoms in total. The standard InChI is InChI=1S/C6H14N2O6/c7-8-6(14)5(13)4(12)3(11)2(10)1-9/h2-5,9-13H,1,7H2,(H,8,14)/t2-,3+,4+,5-/m0/s1. The molecule has 8 N–H and O–H groups in total. The minimum Gasteiger partial charge on any atom is -0.394 e. The maximum atomic E-state index is 10.7. The van der Waals surface area contributed by atoms with Gasteiger partial charge in [-0.05, 0) is 0 Å². The van der Waals surface area contributed by atoms with Gasteiger partial charge in [0.25, 0.3) is 5.91 Å². The van der Waals surface area contributed by atoms with Crippen LogP contribution < -0.4 is 11.3 Å². The Morgan fingerprint density at radius 2 is 1.71 bits per heavy atom. The third-order valence-corrected chi connectivity index (χ3v) is 1.67. The maximum Gasteiger partial charge on any atom is 0.265 e. The first-order valence-corrected chi connectivity index (χ1v) is 3.79. The first-order chi connectivity index (χ1) is 6.45. The van der Waals surface area contributed by atoms with E-state index in [0.717, 1.165) is 0 Å². The third-order valence-electron chi connectivity index (χ3n) is 1.67. The van der Waals surface area contributed by atoms with Gasteiger partial charge in [0.05, 0.1) is 6.61 Å². The molecule has 1 amide bonds. The molecule has 0 aliphatic heterocycles. The van der Waals surface area contributed by atoms with E-state index in [1.807, 2.05) is 0 Å². The van der Waals surface area contributed by atoms with Crippen molar-refractivity contribution in [2.75, 3.05) is 6.61 Å². The Balaban J connectivity index is 4.30. The summed E-state index contributed by atoms with van der Waals surface area (Å²) < 4.78 is 0. The minimum atomic E-state index is -1.98. The highest BCUT2D eigenvalue weighted by Crippen LogP contribution is 2.04. The monoisotopic (exact) mass is 210 g/mol. The van der Waals surface area contributed by atoms with Crippen molar-refractivity contribution < 1.29 is 30.3 Å². The van der Waals surface area contributed by atoms with Gasteiger partial charge in [-0.3, -0.25) is 10.2 Å². The number of aliphatic hydroxyl groups excluding tert-OH is 5. The van der Waals surface area contributed by atoms with E-state index in [0.29, 0.717) is 0 Å². The van der Waals surface area contributed by atoms with Crippen LogP contribution in [0.25, 0.3) is 0 Å². The number of hydrazine groups is 1. The van der Waals surface area contributed by atoms with Crippen LogP contribution >= 0.6 is 0 Å². The smallest absolute Gasteiger partial charge is 0.265 e. The molecule has 0 radical (unpaired) electrons. The van der Waals surface area contributed by atoms with Crippen LogP contribution in [0.5, 0.6) is 0 Å². The van der Waals surface area contributed by atoms with Crippen LogP contribution in [0, 0.1) is 0 Å². The van der Waals surface area contributed by atoms with E-state index in [1.54, 1.807) is 5.43 Å². The van der Waals surface area contributed by atoms with Crippen molar-refractivity contribution in [1.82, 2.24) is 5.43 Å².